The number of nitrogens with zero attached hydrogens (tertiary/aromatic N) is 2. The van der Waals surface area contributed by atoms with Gasteiger partial charge in [0.15, 0.2) is 0 Å². The smallest absolute Gasteiger partial charge is 0.330 e. The molecule has 1 rings (SSSR count). The Hall–Kier alpha value is -1.96. The monoisotopic (exact) mass is 277 g/mol. The van der Waals surface area contributed by atoms with Crippen LogP contribution in [0.15, 0.2) is 6.20 Å². The van der Waals surface area contributed by atoms with Gasteiger partial charge in [-0.25, -0.2) is 9.36 Å². The fourth-order valence-corrected chi connectivity index (χ4v) is 1.47. The molecule has 20 heavy (non-hydrogen) atoms. The maximum atomic E-state index is 12.1. The summed E-state index contributed by atoms with van der Waals surface area (Å²) in [5, 5.41) is 2.72. The van der Waals surface area contributed by atoms with Crippen molar-refractivity contribution in [3.63, 3.8) is 0 Å². The van der Waals surface area contributed by atoms with E-state index in [9.17, 15) is 4.79 Å². The van der Waals surface area contributed by atoms with Crippen molar-refractivity contribution >= 4 is 6.03 Å². The summed E-state index contributed by atoms with van der Waals surface area (Å²) in [6, 6.07) is -0.00727. The van der Waals surface area contributed by atoms with Gasteiger partial charge in [0.1, 0.15) is 0 Å². The van der Waals surface area contributed by atoms with Crippen LogP contribution < -0.4 is 10.1 Å². The minimum atomic E-state index is -0.289. The predicted octanol–water partition coefficient (Wildman–Crippen LogP) is 2.41. The summed E-state index contributed by atoms with van der Waals surface area (Å²) in [5.74, 6) is 6.19. The summed E-state index contributed by atoms with van der Waals surface area (Å²) in [6.45, 7) is 10.4. The Morgan fingerprint density at radius 3 is 2.65 bits per heavy atom. The SMILES string of the molecule is COc1nc(C(C)(C)C)cn1C(=O)NCC#CC(C)C. The molecule has 0 aliphatic heterocycles. The minimum absolute atomic E-state index is 0.143. The minimum Gasteiger partial charge on any atom is -0.468 e. The number of carbonyl (C=O) groups is 1. The molecule has 0 aliphatic carbocycles. The maximum absolute atomic E-state index is 12.1. The highest BCUT2D eigenvalue weighted by Crippen LogP contribution is 2.23. The Kier molecular flexibility index (Phi) is 5.20. The number of methoxy groups -OCH3 is 1. The molecule has 1 aromatic rings. The Labute approximate surface area is 120 Å². The van der Waals surface area contributed by atoms with Gasteiger partial charge in [-0.2, -0.15) is 4.98 Å². The second-order valence-corrected chi connectivity index (χ2v) is 5.87. The number of amides is 1. The quantitative estimate of drug-likeness (QED) is 0.845. The molecule has 0 aliphatic rings. The number of rotatable bonds is 2. The standard InChI is InChI=1S/C15H23N3O2/c1-11(2)8-7-9-16-13(19)18-10-12(15(3,4)5)17-14(18)20-6/h10-11H,9H2,1-6H3,(H,16,19). The molecule has 0 saturated heterocycles. The molecule has 1 amide bonds. The fraction of sp³-hybridized carbons (Fsp3) is 0.600. The van der Waals surface area contributed by atoms with Crippen molar-refractivity contribution in [2.75, 3.05) is 13.7 Å². The molecule has 0 spiro atoms. The molecule has 0 fully saturated rings. The van der Waals surface area contributed by atoms with Crippen LogP contribution >= 0.6 is 0 Å². The van der Waals surface area contributed by atoms with Crippen molar-refractivity contribution in [1.82, 2.24) is 14.9 Å². The Balaban J connectivity index is 2.83. The zero-order valence-corrected chi connectivity index (χ0v) is 13.1. The van der Waals surface area contributed by atoms with Gasteiger partial charge in [-0.3, -0.25) is 0 Å². The lowest BCUT2D eigenvalue weighted by Gasteiger charge is -2.13. The van der Waals surface area contributed by atoms with Crippen molar-refractivity contribution < 1.29 is 9.53 Å². The molecule has 0 saturated carbocycles. The van der Waals surface area contributed by atoms with Crippen LogP contribution in [0, 0.1) is 17.8 Å². The van der Waals surface area contributed by atoms with Crippen molar-refractivity contribution in [2.24, 2.45) is 5.92 Å². The van der Waals surface area contributed by atoms with Crippen LogP contribution in [-0.4, -0.2) is 29.2 Å². The molecule has 1 aromatic heterocycles. The van der Waals surface area contributed by atoms with Crippen LogP contribution in [0.1, 0.15) is 40.3 Å². The molecule has 5 heteroatoms. The van der Waals surface area contributed by atoms with Gasteiger partial charge in [-0.05, 0) is 0 Å². The first-order valence-corrected chi connectivity index (χ1v) is 6.66. The molecule has 0 unspecified atom stereocenters. The first kappa shape index (κ1) is 16.1. The second-order valence-electron chi connectivity index (χ2n) is 5.87. The molecule has 110 valence electrons. The summed E-state index contributed by atoms with van der Waals surface area (Å²) in [4.78, 5) is 16.4. The van der Waals surface area contributed by atoms with Crippen LogP contribution in [0.25, 0.3) is 0 Å². The van der Waals surface area contributed by atoms with E-state index in [1.54, 1.807) is 6.20 Å². The van der Waals surface area contributed by atoms with Crippen molar-refractivity contribution in [2.45, 2.75) is 40.0 Å². The predicted molar refractivity (Wildman–Crippen MR) is 78.9 cm³/mol. The van der Waals surface area contributed by atoms with Crippen LogP contribution in [0.3, 0.4) is 0 Å². The van der Waals surface area contributed by atoms with Gasteiger partial charge in [0.05, 0.1) is 19.3 Å². The summed E-state index contributed by atoms with van der Waals surface area (Å²) >= 11 is 0. The third-order valence-corrected chi connectivity index (χ3v) is 2.56. The van der Waals surface area contributed by atoms with Crippen molar-refractivity contribution in [3.8, 4) is 17.9 Å². The second kappa shape index (κ2) is 6.47. The molecule has 0 bridgehead atoms. The summed E-state index contributed by atoms with van der Waals surface area (Å²) in [6.07, 6.45) is 1.70. The average Bonchev–Trinajstić information content (AvgIpc) is 2.78. The van der Waals surface area contributed by atoms with E-state index >= 15 is 0 Å². The van der Waals surface area contributed by atoms with Gasteiger partial charge < -0.3 is 10.1 Å². The number of imidazole rings is 1. The van der Waals surface area contributed by atoms with E-state index in [0.717, 1.165) is 5.69 Å². The van der Waals surface area contributed by atoms with Gasteiger partial charge in [-0.15, -0.1) is 0 Å². The third kappa shape index (κ3) is 4.30. The van der Waals surface area contributed by atoms with E-state index in [1.807, 2.05) is 34.6 Å². The highest BCUT2D eigenvalue weighted by molar-refractivity contribution is 5.78. The van der Waals surface area contributed by atoms with Gasteiger partial charge in [0.2, 0.25) is 0 Å². The molecule has 0 radical (unpaired) electrons. The zero-order valence-electron chi connectivity index (χ0n) is 13.1. The lowest BCUT2D eigenvalue weighted by molar-refractivity contribution is 0.239. The highest BCUT2D eigenvalue weighted by Gasteiger charge is 2.22. The van der Waals surface area contributed by atoms with Crippen molar-refractivity contribution in [3.05, 3.63) is 11.9 Å². The van der Waals surface area contributed by atoms with E-state index in [1.165, 1.54) is 11.7 Å². The topological polar surface area (TPSA) is 56.2 Å². The summed E-state index contributed by atoms with van der Waals surface area (Å²) < 4.78 is 6.51. The van der Waals surface area contributed by atoms with Crippen LogP contribution in [-0.2, 0) is 5.41 Å². The van der Waals surface area contributed by atoms with E-state index in [4.69, 9.17) is 4.74 Å². The number of hydrogen-bond acceptors (Lipinski definition) is 3. The number of nitrogens with one attached hydrogen (secondary N) is 1. The first-order valence-electron chi connectivity index (χ1n) is 6.66. The number of ether oxygens (including phenoxy) is 1. The molecule has 0 aromatic carbocycles. The third-order valence-electron chi connectivity index (χ3n) is 2.56. The molecular weight excluding hydrogens is 254 g/mol. The lowest BCUT2D eigenvalue weighted by Crippen LogP contribution is -2.28. The van der Waals surface area contributed by atoms with E-state index in [2.05, 4.69) is 22.1 Å². The average molecular weight is 277 g/mol. The van der Waals surface area contributed by atoms with E-state index < -0.39 is 0 Å². The molecular formula is C15H23N3O2. The molecule has 1 N–H and O–H groups in total. The zero-order chi connectivity index (χ0) is 15.3. The largest absolute Gasteiger partial charge is 0.468 e. The maximum Gasteiger partial charge on any atom is 0.330 e. The Morgan fingerprint density at radius 1 is 1.50 bits per heavy atom. The highest BCUT2D eigenvalue weighted by atomic mass is 16.5. The normalized spacial score (nSPS) is 10.9. The van der Waals surface area contributed by atoms with Crippen LogP contribution in [0.4, 0.5) is 4.79 Å². The van der Waals surface area contributed by atoms with Crippen LogP contribution in [0.2, 0.25) is 0 Å². The number of aromatic nitrogens is 2. The Bertz CT molecular complexity index is 528. The molecule has 5 nitrogen and oxygen atoms in total. The molecule has 1 heterocycles. The number of hydrogen-bond donors (Lipinski definition) is 1. The lowest BCUT2D eigenvalue weighted by atomic mass is 9.93. The number of carbonyl (C=O) groups excluding carboxylic acids is 1. The van der Waals surface area contributed by atoms with Gasteiger partial charge in [0.25, 0.3) is 0 Å². The van der Waals surface area contributed by atoms with E-state index in [0.29, 0.717) is 12.5 Å². The van der Waals surface area contributed by atoms with Gasteiger partial charge in [-0.1, -0.05) is 46.5 Å². The first-order chi connectivity index (χ1) is 9.25. The fourth-order valence-electron chi connectivity index (χ4n) is 1.47. The van der Waals surface area contributed by atoms with Gasteiger partial charge in [0, 0.05) is 17.5 Å². The summed E-state index contributed by atoms with van der Waals surface area (Å²) in [7, 11) is 1.50. The van der Waals surface area contributed by atoms with E-state index in [-0.39, 0.29) is 17.5 Å². The molecule has 0 atom stereocenters. The Morgan fingerprint density at radius 2 is 2.15 bits per heavy atom. The summed E-state index contributed by atoms with van der Waals surface area (Å²) in [5.41, 5.74) is 0.661. The van der Waals surface area contributed by atoms with Gasteiger partial charge >= 0.3 is 12.0 Å². The van der Waals surface area contributed by atoms with Crippen LogP contribution in [0.5, 0.6) is 6.01 Å². The van der Waals surface area contributed by atoms with Crippen molar-refractivity contribution in [1.29, 1.82) is 0 Å².